The van der Waals surface area contributed by atoms with E-state index < -0.39 is 0 Å². The van der Waals surface area contributed by atoms with Gasteiger partial charge in [-0.15, -0.1) is 11.6 Å². The molecule has 2 aliphatic carbocycles. The maximum atomic E-state index is 6.84. The van der Waals surface area contributed by atoms with Crippen LogP contribution < -0.4 is 10.5 Å². The number of pyridine rings is 1. The van der Waals surface area contributed by atoms with E-state index in [4.69, 9.17) is 33.7 Å². The summed E-state index contributed by atoms with van der Waals surface area (Å²) >= 11 is 13.5. The maximum Gasteiger partial charge on any atom is 0.166 e. The molecule has 0 radical (unpaired) electrons. The summed E-state index contributed by atoms with van der Waals surface area (Å²) in [6.45, 7) is 8.65. The number of aromatic nitrogens is 1. The summed E-state index contributed by atoms with van der Waals surface area (Å²) in [5.41, 5.74) is 11.0. The highest BCUT2D eigenvalue weighted by atomic mass is 35.5. The molecule has 3 heterocycles. The summed E-state index contributed by atoms with van der Waals surface area (Å²) < 4.78 is 6.40. The highest BCUT2D eigenvalue weighted by molar-refractivity contribution is 6.32. The van der Waals surface area contributed by atoms with Gasteiger partial charge in [-0.2, -0.15) is 0 Å². The van der Waals surface area contributed by atoms with Gasteiger partial charge >= 0.3 is 0 Å². The average Bonchev–Trinajstić information content (AvgIpc) is 3.67. The number of ether oxygens (including phenoxy) is 1. The van der Waals surface area contributed by atoms with Crippen molar-refractivity contribution in [3.05, 3.63) is 58.4 Å². The number of likely N-dealkylation sites (tertiary alicyclic amines) is 1. The Labute approximate surface area is 225 Å². The molecule has 2 unspecified atom stereocenters. The van der Waals surface area contributed by atoms with Crippen molar-refractivity contribution in [2.24, 2.45) is 17.8 Å². The number of halogens is 2. The van der Waals surface area contributed by atoms with Crippen LogP contribution in [0.5, 0.6) is 5.75 Å². The summed E-state index contributed by atoms with van der Waals surface area (Å²) in [5.74, 6) is 2.15. The number of nitrogens with two attached hydrogens (primary N) is 1. The van der Waals surface area contributed by atoms with Gasteiger partial charge in [-0.25, -0.2) is 4.98 Å². The quantitative estimate of drug-likeness (QED) is 0.435. The Morgan fingerprint density at radius 1 is 1.22 bits per heavy atom. The molecular formula is C29H38Cl2N4O. The van der Waals surface area contributed by atoms with E-state index in [2.05, 4.69) is 47.1 Å². The number of anilines is 1. The van der Waals surface area contributed by atoms with E-state index >= 15 is 0 Å². The SMILES string of the molecule is CC1=CC(c2cnc(N)c(OC(C)C3C(Cl)=C(C4CC4)C=C[C@H]3Cl)c2)=CN(CC2CCN(C)CC2)C1. The lowest BCUT2D eigenvalue weighted by Gasteiger charge is -2.34. The van der Waals surface area contributed by atoms with Gasteiger partial charge in [-0.1, -0.05) is 35.4 Å². The molecule has 0 amide bonds. The summed E-state index contributed by atoms with van der Waals surface area (Å²) in [5, 5.41) is 0.611. The van der Waals surface area contributed by atoms with Crippen molar-refractivity contribution >= 4 is 34.6 Å². The molecule has 194 valence electrons. The summed E-state index contributed by atoms with van der Waals surface area (Å²) in [7, 11) is 2.21. The number of alkyl halides is 1. The van der Waals surface area contributed by atoms with Crippen molar-refractivity contribution in [2.45, 2.75) is 51.0 Å². The molecule has 0 bridgehead atoms. The van der Waals surface area contributed by atoms with Crippen molar-refractivity contribution in [1.29, 1.82) is 0 Å². The standard InChI is InChI=1S/C29H38Cl2N4O/c1-18-12-23(17-35(15-18)16-20-8-10-34(3)11-9-20)22-13-26(29(32)33-14-22)36-19(2)27-25(30)7-6-24(28(27)31)21-4-5-21/h6-7,12-14,17,19-21,25,27H,4-5,8-11,15-16H2,1-3H3,(H2,32,33)/t19?,25-,27?/m1/s1. The second kappa shape index (κ2) is 10.8. The second-order valence-corrected chi connectivity index (χ2v) is 12.0. The lowest BCUT2D eigenvalue weighted by atomic mass is 9.89. The first kappa shape index (κ1) is 25.7. The normalized spacial score (nSPS) is 26.6. The summed E-state index contributed by atoms with van der Waals surface area (Å²) in [4.78, 5) is 9.36. The largest absolute Gasteiger partial charge is 0.486 e. The van der Waals surface area contributed by atoms with Crippen LogP contribution in [-0.4, -0.2) is 59.5 Å². The Hall–Kier alpha value is -1.95. The van der Waals surface area contributed by atoms with Crippen molar-refractivity contribution < 1.29 is 4.74 Å². The number of rotatable bonds is 7. The average molecular weight is 530 g/mol. The fraction of sp³-hybridized carbons (Fsp3) is 0.552. The fourth-order valence-electron chi connectivity index (χ4n) is 5.66. The number of hydrogen-bond acceptors (Lipinski definition) is 5. The minimum Gasteiger partial charge on any atom is -0.486 e. The Kier molecular flexibility index (Phi) is 7.71. The van der Waals surface area contributed by atoms with Gasteiger partial charge in [-0.05, 0) is 88.7 Å². The van der Waals surface area contributed by atoms with E-state index in [1.54, 1.807) is 0 Å². The van der Waals surface area contributed by atoms with E-state index in [0.29, 0.717) is 17.5 Å². The number of allylic oxidation sites excluding steroid dienone is 5. The van der Waals surface area contributed by atoms with Gasteiger partial charge in [0.2, 0.25) is 0 Å². The van der Waals surface area contributed by atoms with Crippen LogP contribution in [0, 0.1) is 17.8 Å². The zero-order valence-electron chi connectivity index (χ0n) is 21.6. The van der Waals surface area contributed by atoms with Gasteiger partial charge in [0.1, 0.15) is 6.10 Å². The molecule has 5 rings (SSSR count). The van der Waals surface area contributed by atoms with E-state index in [1.165, 1.54) is 49.9 Å². The predicted octanol–water partition coefficient (Wildman–Crippen LogP) is 6.07. The van der Waals surface area contributed by atoms with Gasteiger partial charge < -0.3 is 20.3 Å². The molecule has 0 aromatic carbocycles. The molecule has 1 saturated carbocycles. The van der Waals surface area contributed by atoms with Crippen LogP contribution in [0.15, 0.2) is 52.9 Å². The van der Waals surface area contributed by atoms with Crippen LogP contribution in [0.25, 0.3) is 5.57 Å². The molecule has 1 aromatic heterocycles. The fourth-order valence-corrected chi connectivity index (χ4v) is 6.66. The molecule has 36 heavy (non-hydrogen) atoms. The van der Waals surface area contributed by atoms with Crippen molar-refractivity contribution in [3.8, 4) is 5.75 Å². The Morgan fingerprint density at radius 3 is 2.69 bits per heavy atom. The van der Waals surface area contributed by atoms with E-state index in [0.717, 1.165) is 35.2 Å². The maximum absolute atomic E-state index is 6.84. The van der Waals surface area contributed by atoms with Gasteiger partial charge in [-0.3, -0.25) is 0 Å². The number of nitrogen functional groups attached to an aromatic ring is 1. The van der Waals surface area contributed by atoms with Crippen LogP contribution in [0.1, 0.15) is 45.1 Å². The molecule has 4 aliphatic rings. The van der Waals surface area contributed by atoms with Crippen molar-refractivity contribution in [1.82, 2.24) is 14.8 Å². The third-order valence-electron chi connectivity index (χ3n) is 7.93. The van der Waals surface area contributed by atoms with Crippen LogP contribution in [0.2, 0.25) is 0 Å². The molecule has 7 heteroatoms. The molecule has 0 spiro atoms. The van der Waals surface area contributed by atoms with Crippen LogP contribution in [-0.2, 0) is 0 Å². The lowest BCUT2D eigenvalue weighted by molar-refractivity contribution is 0.175. The van der Waals surface area contributed by atoms with E-state index in [9.17, 15) is 0 Å². The lowest BCUT2D eigenvalue weighted by Crippen LogP contribution is -2.36. The minimum absolute atomic E-state index is 0.113. The first-order valence-corrected chi connectivity index (χ1v) is 14.1. The Bertz CT molecular complexity index is 1100. The zero-order valence-corrected chi connectivity index (χ0v) is 23.1. The predicted molar refractivity (Wildman–Crippen MR) is 150 cm³/mol. The van der Waals surface area contributed by atoms with Crippen molar-refractivity contribution in [3.63, 3.8) is 0 Å². The molecule has 1 aromatic rings. The molecule has 2 fully saturated rings. The molecular weight excluding hydrogens is 491 g/mol. The topological polar surface area (TPSA) is 54.6 Å². The molecule has 5 nitrogen and oxygen atoms in total. The smallest absolute Gasteiger partial charge is 0.166 e. The summed E-state index contributed by atoms with van der Waals surface area (Å²) in [6.07, 6.45) is 15.2. The molecule has 3 atom stereocenters. The van der Waals surface area contributed by atoms with Crippen molar-refractivity contribution in [2.75, 3.05) is 39.0 Å². The first-order valence-electron chi connectivity index (χ1n) is 13.2. The third kappa shape index (κ3) is 5.79. The zero-order chi connectivity index (χ0) is 25.4. The highest BCUT2D eigenvalue weighted by Crippen LogP contribution is 2.46. The monoisotopic (exact) mass is 528 g/mol. The van der Waals surface area contributed by atoms with Gasteiger partial charge in [0.05, 0.1) is 11.3 Å². The number of piperidine rings is 1. The Balaban J connectivity index is 1.32. The minimum atomic E-state index is -0.239. The van der Waals surface area contributed by atoms with Crippen LogP contribution in [0.3, 0.4) is 0 Å². The van der Waals surface area contributed by atoms with Gasteiger partial charge in [0.25, 0.3) is 0 Å². The number of nitrogens with zero attached hydrogens (tertiary/aromatic N) is 3. The van der Waals surface area contributed by atoms with E-state index in [1.807, 2.05) is 25.3 Å². The molecule has 2 aliphatic heterocycles. The number of hydrogen-bond donors (Lipinski definition) is 1. The van der Waals surface area contributed by atoms with Crippen LogP contribution in [0.4, 0.5) is 5.82 Å². The van der Waals surface area contributed by atoms with Crippen LogP contribution >= 0.6 is 23.2 Å². The Morgan fingerprint density at radius 2 is 1.97 bits per heavy atom. The second-order valence-electron chi connectivity index (χ2n) is 11.1. The van der Waals surface area contributed by atoms with Gasteiger partial charge in [0, 0.05) is 36.1 Å². The third-order valence-corrected chi connectivity index (χ3v) is 8.82. The molecule has 2 N–H and O–H groups in total. The highest BCUT2D eigenvalue weighted by Gasteiger charge is 2.37. The molecule has 1 saturated heterocycles. The first-order chi connectivity index (χ1) is 17.3. The summed E-state index contributed by atoms with van der Waals surface area (Å²) in [6, 6.07) is 2.01. The van der Waals surface area contributed by atoms with E-state index in [-0.39, 0.29) is 17.4 Å². The van der Waals surface area contributed by atoms with Gasteiger partial charge in [0.15, 0.2) is 11.6 Å².